The normalized spacial score (nSPS) is 10.5. The van der Waals surface area contributed by atoms with Gasteiger partial charge < -0.3 is 9.71 Å². The monoisotopic (exact) mass is 350 g/mol. The molecule has 0 amide bonds. The van der Waals surface area contributed by atoms with Crippen molar-refractivity contribution in [1.82, 2.24) is 9.97 Å². The first-order valence-corrected chi connectivity index (χ1v) is 7.81. The summed E-state index contributed by atoms with van der Waals surface area (Å²) >= 11 is 6.34. The predicted molar refractivity (Wildman–Crippen MR) is 82.3 cm³/mol. The van der Waals surface area contributed by atoms with Crippen LogP contribution in [0.2, 0.25) is 0 Å². The fraction of sp³-hybridized carbons (Fsp3) is 0. The fourth-order valence-corrected chi connectivity index (χ4v) is 3.78. The van der Waals surface area contributed by atoms with Crippen molar-refractivity contribution in [3.63, 3.8) is 0 Å². The molecule has 94 valence electrons. The van der Waals surface area contributed by atoms with Gasteiger partial charge in [-0.3, -0.25) is 0 Å². The molecule has 2 heterocycles. The number of halogens is 1. The summed E-state index contributed by atoms with van der Waals surface area (Å²) in [5, 5.41) is 11.9. The highest BCUT2D eigenvalue weighted by Gasteiger charge is 2.08. The van der Waals surface area contributed by atoms with Crippen LogP contribution in [-0.4, -0.2) is 9.97 Å². The number of anilines is 1. The molecule has 0 aliphatic carbocycles. The highest BCUT2D eigenvalue weighted by atomic mass is 79.9. The first kappa shape index (κ1) is 12.5. The van der Waals surface area contributed by atoms with E-state index in [1.54, 1.807) is 17.5 Å². The number of hydrogen-bond donors (Lipinski definition) is 2. The second-order valence-corrected chi connectivity index (χ2v) is 6.41. The molecule has 0 atom stereocenters. The molecule has 7 heteroatoms. The van der Waals surface area contributed by atoms with E-state index in [9.17, 15) is 0 Å². The minimum Gasteiger partial charge on any atom is -0.358 e. The topological polar surface area (TPSA) is 64.5 Å². The SMILES string of the molecule is N#Cc1c[nH]c2c(NSc3nc(Br)cs3)cccc12. The lowest BCUT2D eigenvalue weighted by molar-refractivity contribution is 1.22. The third-order valence-electron chi connectivity index (χ3n) is 2.54. The molecule has 0 radical (unpaired) electrons. The summed E-state index contributed by atoms with van der Waals surface area (Å²) in [6.45, 7) is 0. The Kier molecular flexibility index (Phi) is 3.46. The van der Waals surface area contributed by atoms with Crippen LogP contribution in [0.15, 0.2) is 38.7 Å². The lowest BCUT2D eigenvalue weighted by atomic mass is 10.2. The highest BCUT2D eigenvalue weighted by Crippen LogP contribution is 2.30. The third-order valence-corrected chi connectivity index (χ3v) is 5.01. The largest absolute Gasteiger partial charge is 0.358 e. The molecular weight excluding hydrogens is 344 g/mol. The van der Waals surface area contributed by atoms with Crippen LogP contribution in [-0.2, 0) is 0 Å². The highest BCUT2D eigenvalue weighted by molar-refractivity contribution is 9.10. The van der Waals surface area contributed by atoms with E-state index < -0.39 is 0 Å². The number of nitrogens with zero attached hydrogens (tertiary/aromatic N) is 2. The average molecular weight is 351 g/mol. The van der Waals surface area contributed by atoms with Gasteiger partial charge in [-0.2, -0.15) is 5.26 Å². The van der Waals surface area contributed by atoms with Crippen molar-refractivity contribution in [2.45, 2.75) is 4.34 Å². The molecule has 2 aromatic heterocycles. The first-order valence-electron chi connectivity index (χ1n) is 5.32. The number of nitrogens with one attached hydrogen (secondary N) is 2. The molecule has 0 saturated heterocycles. The summed E-state index contributed by atoms with van der Waals surface area (Å²) in [5.41, 5.74) is 2.53. The van der Waals surface area contributed by atoms with Crippen LogP contribution in [0.3, 0.4) is 0 Å². The molecule has 0 bridgehead atoms. The van der Waals surface area contributed by atoms with E-state index in [1.807, 2.05) is 23.6 Å². The molecular formula is C12H7BrN4S2. The Labute approximate surface area is 126 Å². The van der Waals surface area contributed by atoms with Gasteiger partial charge in [0, 0.05) is 28.9 Å². The number of thiazole rings is 1. The Hall–Kier alpha value is -1.49. The smallest absolute Gasteiger partial charge is 0.171 e. The van der Waals surface area contributed by atoms with Crippen LogP contribution < -0.4 is 4.72 Å². The third kappa shape index (κ3) is 2.47. The van der Waals surface area contributed by atoms with Crippen molar-refractivity contribution in [1.29, 1.82) is 5.26 Å². The molecule has 2 N–H and O–H groups in total. The summed E-state index contributed by atoms with van der Waals surface area (Å²) in [4.78, 5) is 7.42. The molecule has 0 aliphatic rings. The van der Waals surface area contributed by atoms with Crippen LogP contribution in [0.1, 0.15) is 5.56 Å². The predicted octanol–water partition coefficient (Wildman–Crippen LogP) is 4.38. The van der Waals surface area contributed by atoms with Crippen molar-refractivity contribution in [3.8, 4) is 6.07 Å². The number of fused-ring (bicyclic) bond motifs is 1. The van der Waals surface area contributed by atoms with Gasteiger partial charge in [0.1, 0.15) is 10.7 Å². The van der Waals surface area contributed by atoms with Crippen molar-refractivity contribution >= 4 is 55.8 Å². The van der Waals surface area contributed by atoms with E-state index in [2.05, 4.69) is 36.7 Å². The first-order chi connectivity index (χ1) is 9.28. The van der Waals surface area contributed by atoms with Crippen molar-refractivity contribution in [2.24, 2.45) is 0 Å². The van der Waals surface area contributed by atoms with Crippen molar-refractivity contribution in [2.75, 3.05) is 4.72 Å². The summed E-state index contributed by atoms with van der Waals surface area (Å²) in [5.74, 6) is 0. The van der Waals surface area contributed by atoms with Gasteiger partial charge in [-0.1, -0.05) is 12.1 Å². The molecule has 0 aliphatic heterocycles. The molecule has 0 spiro atoms. The molecule has 0 fully saturated rings. The standard InChI is InChI=1S/C12H7BrN4S2/c13-10-6-18-12(16-10)19-17-9-3-1-2-8-7(4-14)5-15-11(8)9/h1-3,5-6,15,17H. The molecule has 4 nitrogen and oxygen atoms in total. The maximum atomic E-state index is 9.02. The number of aromatic amines is 1. The van der Waals surface area contributed by atoms with Crippen LogP contribution >= 0.6 is 39.2 Å². The molecule has 0 saturated carbocycles. The van der Waals surface area contributed by atoms with E-state index >= 15 is 0 Å². The lowest BCUT2D eigenvalue weighted by Gasteiger charge is -2.04. The molecule has 0 unspecified atom stereocenters. The van der Waals surface area contributed by atoms with Crippen LogP contribution in [0.5, 0.6) is 0 Å². The summed E-state index contributed by atoms with van der Waals surface area (Å²) in [6.07, 6.45) is 1.72. The van der Waals surface area contributed by atoms with E-state index in [4.69, 9.17) is 5.26 Å². The van der Waals surface area contributed by atoms with E-state index in [0.717, 1.165) is 25.5 Å². The number of hydrogen-bond acceptors (Lipinski definition) is 5. The number of benzene rings is 1. The Morgan fingerprint density at radius 1 is 1.47 bits per heavy atom. The zero-order valence-electron chi connectivity index (χ0n) is 9.48. The van der Waals surface area contributed by atoms with Gasteiger partial charge >= 0.3 is 0 Å². The number of H-pyrrole nitrogens is 1. The van der Waals surface area contributed by atoms with Crippen LogP contribution in [0.4, 0.5) is 5.69 Å². The van der Waals surface area contributed by atoms with E-state index in [0.29, 0.717) is 5.56 Å². The van der Waals surface area contributed by atoms with Crippen molar-refractivity contribution < 1.29 is 0 Å². The van der Waals surface area contributed by atoms with Gasteiger partial charge in [-0.25, -0.2) is 4.98 Å². The Morgan fingerprint density at radius 2 is 2.37 bits per heavy atom. The van der Waals surface area contributed by atoms with E-state index in [1.165, 1.54) is 11.9 Å². The van der Waals surface area contributed by atoms with Gasteiger partial charge in [-0.05, 0) is 22.0 Å². The van der Waals surface area contributed by atoms with Crippen LogP contribution in [0.25, 0.3) is 10.9 Å². The zero-order valence-corrected chi connectivity index (χ0v) is 12.7. The Balaban J connectivity index is 1.89. The average Bonchev–Trinajstić information content (AvgIpc) is 3.02. The maximum Gasteiger partial charge on any atom is 0.171 e. The van der Waals surface area contributed by atoms with Crippen molar-refractivity contribution in [3.05, 3.63) is 39.9 Å². The molecule has 3 aromatic rings. The number of para-hydroxylation sites is 1. The molecule has 3 rings (SSSR count). The van der Waals surface area contributed by atoms with Gasteiger partial charge in [-0.15, -0.1) is 11.3 Å². The minimum atomic E-state index is 0.653. The fourth-order valence-electron chi connectivity index (χ4n) is 1.72. The van der Waals surface area contributed by atoms with Crippen LogP contribution in [0, 0.1) is 11.3 Å². The number of nitriles is 1. The quantitative estimate of drug-likeness (QED) is 0.688. The zero-order chi connectivity index (χ0) is 13.2. The van der Waals surface area contributed by atoms with E-state index in [-0.39, 0.29) is 0 Å². The number of aromatic nitrogens is 2. The summed E-state index contributed by atoms with van der Waals surface area (Å²) in [6, 6.07) is 8.00. The van der Waals surface area contributed by atoms with Gasteiger partial charge in [0.25, 0.3) is 0 Å². The maximum absolute atomic E-state index is 9.02. The Bertz CT molecular complexity index is 771. The van der Waals surface area contributed by atoms with Gasteiger partial charge in [0.05, 0.1) is 16.8 Å². The molecule has 19 heavy (non-hydrogen) atoms. The second kappa shape index (κ2) is 5.25. The van der Waals surface area contributed by atoms with Gasteiger partial charge in [0.15, 0.2) is 4.34 Å². The summed E-state index contributed by atoms with van der Waals surface area (Å²) < 4.78 is 5.02. The Morgan fingerprint density at radius 3 is 3.11 bits per heavy atom. The summed E-state index contributed by atoms with van der Waals surface area (Å²) in [7, 11) is 0. The second-order valence-electron chi connectivity index (χ2n) is 3.68. The lowest BCUT2D eigenvalue weighted by Crippen LogP contribution is -1.87. The number of rotatable bonds is 3. The molecule has 1 aromatic carbocycles. The van der Waals surface area contributed by atoms with Gasteiger partial charge in [0.2, 0.25) is 0 Å². The minimum absolute atomic E-state index is 0.653.